The van der Waals surface area contributed by atoms with E-state index in [9.17, 15) is 4.79 Å². The van der Waals surface area contributed by atoms with Crippen LogP contribution in [0.5, 0.6) is 0 Å². The molecule has 0 aliphatic rings. The molecule has 0 fully saturated rings. The van der Waals surface area contributed by atoms with Crippen LogP contribution < -0.4 is 16.6 Å². The number of rotatable bonds is 5. The number of pyridine rings is 1. The molecular weight excluding hydrogens is 462 g/mol. The third kappa shape index (κ3) is 4.31. The Morgan fingerprint density at radius 1 is 0.971 bits per heavy atom. The van der Waals surface area contributed by atoms with Crippen molar-refractivity contribution in [2.24, 2.45) is 0 Å². The Kier molecular flexibility index (Phi) is 5.88. The van der Waals surface area contributed by atoms with Gasteiger partial charge in [0.25, 0.3) is 5.56 Å². The summed E-state index contributed by atoms with van der Waals surface area (Å²) in [4.78, 5) is 31.5. The summed E-state index contributed by atoms with van der Waals surface area (Å²) in [7, 11) is 0. The number of aromatic nitrogens is 5. The van der Waals surface area contributed by atoms with E-state index >= 15 is 0 Å². The van der Waals surface area contributed by atoms with Gasteiger partial charge in [-0.2, -0.15) is 4.98 Å². The van der Waals surface area contributed by atoms with Gasteiger partial charge in [0, 0.05) is 29.2 Å². The molecule has 0 saturated carbocycles. The van der Waals surface area contributed by atoms with Crippen LogP contribution in [-0.2, 0) is 0 Å². The number of hydrogen-bond donors (Lipinski definition) is 2. The zero-order valence-corrected chi connectivity index (χ0v) is 19.9. The first-order valence-electron chi connectivity index (χ1n) is 11.0. The molecular formula is C26H22ClN7O. The van der Waals surface area contributed by atoms with Crippen LogP contribution in [0.3, 0.4) is 0 Å². The first-order chi connectivity index (χ1) is 16.9. The molecule has 9 heteroatoms. The normalized spacial score (nSPS) is 12.0. The molecule has 1 unspecified atom stereocenters. The maximum Gasteiger partial charge on any atom is 0.267 e. The van der Waals surface area contributed by atoms with Crippen LogP contribution in [0.2, 0.25) is 5.02 Å². The Balaban J connectivity index is 1.66. The Morgan fingerprint density at radius 2 is 1.77 bits per heavy atom. The van der Waals surface area contributed by atoms with Gasteiger partial charge in [-0.15, -0.1) is 0 Å². The van der Waals surface area contributed by atoms with E-state index in [-0.39, 0.29) is 11.5 Å². The topological polar surface area (TPSA) is 112 Å². The van der Waals surface area contributed by atoms with E-state index in [1.165, 1.54) is 0 Å². The van der Waals surface area contributed by atoms with Crippen LogP contribution in [-0.4, -0.2) is 24.5 Å². The molecule has 0 spiro atoms. The first kappa shape index (κ1) is 22.5. The van der Waals surface area contributed by atoms with Gasteiger partial charge in [0.05, 0.1) is 27.7 Å². The van der Waals surface area contributed by atoms with Gasteiger partial charge in [-0.05, 0) is 44.2 Å². The van der Waals surface area contributed by atoms with E-state index in [4.69, 9.17) is 22.3 Å². The Bertz CT molecular complexity index is 1580. The number of nitrogens with two attached hydrogens (primary N) is 1. The second-order valence-electron chi connectivity index (χ2n) is 8.12. The quantitative estimate of drug-likeness (QED) is 0.363. The zero-order chi connectivity index (χ0) is 24.5. The maximum atomic E-state index is 13.7. The number of hydrogen-bond acceptors (Lipinski definition) is 7. The Labute approximate surface area is 206 Å². The van der Waals surface area contributed by atoms with Gasteiger partial charge in [-0.1, -0.05) is 41.9 Å². The SMILES string of the molecule is Cc1ccc(-c2cnc(N)nc2NC(C)c2nc3cccc(Cl)c3c(=O)n2-c2ccccc2)cn1. The van der Waals surface area contributed by atoms with Gasteiger partial charge in [0.1, 0.15) is 11.6 Å². The van der Waals surface area contributed by atoms with Crippen molar-refractivity contribution in [2.45, 2.75) is 19.9 Å². The van der Waals surface area contributed by atoms with Crippen LogP contribution in [0.1, 0.15) is 24.5 Å². The fraction of sp³-hybridized carbons (Fsp3) is 0.115. The number of nitrogen functional groups attached to an aromatic ring is 1. The predicted octanol–water partition coefficient (Wildman–Crippen LogP) is 4.95. The molecule has 0 saturated heterocycles. The van der Waals surface area contributed by atoms with Crippen LogP contribution in [0.4, 0.5) is 11.8 Å². The number of fused-ring (bicyclic) bond motifs is 1. The van der Waals surface area contributed by atoms with Crippen molar-refractivity contribution in [1.29, 1.82) is 0 Å². The number of nitrogens with zero attached hydrogens (tertiary/aromatic N) is 5. The smallest absolute Gasteiger partial charge is 0.267 e. The molecule has 5 aromatic rings. The average Bonchev–Trinajstić information content (AvgIpc) is 2.85. The second kappa shape index (κ2) is 9.15. The largest absolute Gasteiger partial charge is 0.368 e. The van der Waals surface area contributed by atoms with Gasteiger partial charge < -0.3 is 11.1 Å². The summed E-state index contributed by atoms with van der Waals surface area (Å²) in [6, 6.07) is 18.0. The molecule has 3 N–H and O–H groups in total. The molecule has 8 nitrogen and oxygen atoms in total. The predicted molar refractivity (Wildman–Crippen MR) is 139 cm³/mol. The van der Waals surface area contributed by atoms with Gasteiger partial charge in [0.2, 0.25) is 5.95 Å². The van der Waals surface area contributed by atoms with Crippen molar-refractivity contribution in [2.75, 3.05) is 11.1 Å². The molecule has 0 aliphatic heterocycles. The summed E-state index contributed by atoms with van der Waals surface area (Å²) in [6.45, 7) is 3.83. The fourth-order valence-electron chi connectivity index (χ4n) is 3.94. The van der Waals surface area contributed by atoms with E-state index in [1.54, 1.807) is 35.2 Å². The van der Waals surface area contributed by atoms with Crippen LogP contribution in [0, 0.1) is 6.92 Å². The molecule has 1 atom stereocenters. The van der Waals surface area contributed by atoms with Gasteiger partial charge in [-0.25, -0.2) is 9.97 Å². The summed E-state index contributed by atoms with van der Waals surface area (Å²) in [5, 5.41) is 4.11. The molecule has 0 amide bonds. The third-order valence-corrected chi connectivity index (χ3v) is 5.97. The number of benzene rings is 2. The Morgan fingerprint density at radius 3 is 2.51 bits per heavy atom. The average molecular weight is 484 g/mol. The van der Waals surface area contributed by atoms with Crippen LogP contribution in [0.25, 0.3) is 27.7 Å². The highest BCUT2D eigenvalue weighted by Gasteiger charge is 2.21. The fourth-order valence-corrected chi connectivity index (χ4v) is 4.19. The van der Waals surface area contributed by atoms with Gasteiger partial charge in [0.15, 0.2) is 0 Å². The van der Waals surface area contributed by atoms with Crippen LogP contribution >= 0.6 is 11.6 Å². The highest BCUT2D eigenvalue weighted by Crippen LogP contribution is 2.30. The molecule has 5 rings (SSSR count). The summed E-state index contributed by atoms with van der Waals surface area (Å²) in [5.41, 5.74) is 9.34. The zero-order valence-electron chi connectivity index (χ0n) is 19.1. The maximum absolute atomic E-state index is 13.7. The van der Waals surface area contributed by atoms with E-state index in [0.717, 1.165) is 16.8 Å². The van der Waals surface area contributed by atoms with Crippen molar-refractivity contribution < 1.29 is 0 Å². The van der Waals surface area contributed by atoms with Crippen molar-refractivity contribution in [1.82, 2.24) is 24.5 Å². The van der Waals surface area contributed by atoms with Gasteiger partial charge >= 0.3 is 0 Å². The lowest BCUT2D eigenvalue weighted by molar-refractivity contribution is 0.731. The van der Waals surface area contributed by atoms with E-state index in [1.807, 2.05) is 56.3 Å². The number of nitrogens with one attached hydrogen (secondary N) is 1. The minimum Gasteiger partial charge on any atom is -0.368 e. The molecule has 35 heavy (non-hydrogen) atoms. The minimum atomic E-state index is -0.433. The molecule has 0 radical (unpaired) electrons. The highest BCUT2D eigenvalue weighted by molar-refractivity contribution is 6.35. The molecule has 0 aliphatic carbocycles. The number of halogens is 1. The van der Waals surface area contributed by atoms with E-state index in [0.29, 0.717) is 33.3 Å². The summed E-state index contributed by atoms with van der Waals surface area (Å²) in [6.07, 6.45) is 3.41. The standard InChI is InChI=1S/C26H22ClN7O/c1-15-11-12-17(13-29-15)19-14-30-26(28)33-23(19)31-16(2)24-32-21-10-6-9-20(27)22(21)25(35)34(24)18-7-4-3-5-8-18/h3-14,16H,1-2H3,(H3,28,30,31,33). The minimum absolute atomic E-state index is 0.127. The second-order valence-corrected chi connectivity index (χ2v) is 8.53. The van der Waals surface area contributed by atoms with Crippen molar-refractivity contribution in [3.8, 4) is 16.8 Å². The number of anilines is 2. The highest BCUT2D eigenvalue weighted by atomic mass is 35.5. The van der Waals surface area contributed by atoms with Gasteiger partial charge in [-0.3, -0.25) is 14.3 Å². The van der Waals surface area contributed by atoms with E-state index in [2.05, 4.69) is 20.3 Å². The lowest BCUT2D eigenvalue weighted by Gasteiger charge is -2.21. The van der Waals surface area contributed by atoms with Crippen molar-refractivity contribution in [3.05, 3.63) is 100.0 Å². The lowest BCUT2D eigenvalue weighted by atomic mass is 10.1. The first-order valence-corrected chi connectivity index (χ1v) is 11.4. The molecule has 3 heterocycles. The van der Waals surface area contributed by atoms with E-state index < -0.39 is 6.04 Å². The molecule has 174 valence electrons. The van der Waals surface area contributed by atoms with Crippen molar-refractivity contribution in [3.63, 3.8) is 0 Å². The third-order valence-electron chi connectivity index (χ3n) is 5.66. The summed E-state index contributed by atoms with van der Waals surface area (Å²) >= 11 is 6.39. The molecule has 0 bridgehead atoms. The van der Waals surface area contributed by atoms with Crippen LogP contribution in [0.15, 0.2) is 77.9 Å². The molecule has 3 aromatic heterocycles. The number of aryl methyl sites for hydroxylation is 1. The van der Waals surface area contributed by atoms with Crippen molar-refractivity contribution >= 4 is 34.3 Å². The Hall–Kier alpha value is -4.30. The number of para-hydroxylation sites is 1. The molecule has 2 aromatic carbocycles. The monoisotopic (exact) mass is 483 g/mol. The summed E-state index contributed by atoms with van der Waals surface area (Å²) in [5.74, 6) is 1.14. The lowest BCUT2D eigenvalue weighted by Crippen LogP contribution is -2.27. The summed E-state index contributed by atoms with van der Waals surface area (Å²) < 4.78 is 1.57.